The summed E-state index contributed by atoms with van der Waals surface area (Å²) in [5, 5.41) is 4.98. The molecule has 0 spiro atoms. The van der Waals surface area contributed by atoms with Crippen LogP contribution in [0.3, 0.4) is 0 Å². The monoisotopic (exact) mass is 343 g/mol. The number of benzene rings is 2. The predicted molar refractivity (Wildman–Crippen MR) is 99.0 cm³/mol. The van der Waals surface area contributed by atoms with E-state index in [1.165, 1.54) is 5.56 Å². The quantitative estimate of drug-likeness (QED) is 0.774. The number of hydrogen-bond donors (Lipinski definition) is 2. The first-order chi connectivity index (χ1) is 12.0. The normalized spacial score (nSPS) is 11.9. The van der Waals surface area contributed by atoms with Gasteiger partial charge in [0.15, 0.2) is 6.54 Å². The van der Waals surface area contributed by atoms with Crippen molar-refractivity contribution < 1.29 is 19.6 Å². The third-order valence-electron chi connectivity index (χ3n) is 4.14. The fourth-order valence-electron chi connectivity index (χ4n) is 2.81. The van der Waals surface area contributed by atoms with Gasteiger partial charge in [0, 0.05) is 17.5 Å². The Hall–Kier alpha value is -2.53. The highest BCUT2D eigenvalue weighted by molar-refractivity contribution is 5.93. The first kappa shape index (κ1) is 18.8. The summed E-state index contributed by atoms with van der Waals surface area (Å²) < 4.78 is 10.5. The number of ether oxygens (including phenoxy) is 2. The van der Waals surface area contributed by atoms with Gasteiger partial charge >= 0.3 is 0 Å². The van der Waals surface area contributed by atoms with Crippen LogP contribution in [-0.4, -0.2) is 26.7 Å². The average Bonchev–Trinajstić information content (AvgIpc) is 2.62. The zero-order chi connectivity index (χ0) is 18.2. The summed E-state index contributed by atoms with van der Waals surface area (Å²) in [6, 6.07) is 15.8. The van der Waals surface area contributed by atoms with E-state index in [1.54, 1.807) is 32.4 Å². The number of amides is 1. The van der Waals surface area contributed by atoms with E-state index >= 15 is 0 Å². The van der Waals surface area contributed by atoms with E-state index in [-0.39, 0.29) is 11.9 Å². The molecule has 1 atom stereocenters. The molecule has 0 radical (unpaired) electrons. The molecular weight excluding hydrogens is 316 g/mol. The van der Waals surface area contributed by atoms with Crippen molar-refractivity contribution in [2.75, 3.05) is 26.1 Å². The highest BCUT2D eigenvalue weighted by atomic mass is 16.5. The van der Waals surface area contributed by atoms with E-state index < -0.39 is 0 Å². The highest BCUT2D eigenvalue weighted by Gasteiger charge is 2.20. The lowest BCUT2D eigenvalue weighted by Crippen LogP contribution is -2.88. The van der Waals surface area contributed by atoms with Gasteiger partial charge in [0.25, 0.3) is 5.91 Å². The third kappa shape index (κ3) is 5.22. The summed E-state index contributed by atoms with van der Waals surface area (Å²) in [5.41, 5.74) is 1.87. The van der Waals surface area contributed by atoms with Crippen LogP contribution in [0.5, 0.6) is 11.5 Å². The maximum absolute atomic E-state index is 12.4. The summed E-state index contributed by atoms with van der Waals surface area (Å²) in [7, 11) is 3.17. The predicted octanol–water partition coefficient (Wildman–Crippen LogP) is 2.60. The second-order valence-electron chi connectivity index (χ2n) is 6.23. The van der Waals surface area contributed by atoms with Crippen molar-refractivity contribution in [2.24, 2.45) is 5.92 Å². The van der Waals surface area contributed by atoms with Gasteiger partial charge in [0.1, 0.15) is 17.5 Å². The molecule has 0 saturated heterocycles. The molecule has 2 aromatic carbocycles. The molecule has 5 nitrogen and oxygen atoms in total. The third-order valence-corrected chi connectivity index (χ3v) is 4.14. The van der Waals surface area contributed by atoms with Crippen LogP contribution in [0.25, 0.3) is 0 Å². The summed E-state index contributed by atoms with van der Waals surface area (Å²) in [6.45, 7) is 4.67. The molecule has 0 aromatic heterocycles. The summed E-state index contributed by atoms with van der Waals surface area (Å²) >= 11 is 0. The second-order valence-corrected chi connectivity index (χ2v) is 6.23. The molecule has 25 heavy (non-hydrogen) atoms. The maximum atomic E-state index is 12.4. The first-order valence-corrected chi connectivity index (χ1v) is 8.45. The summed E-state index contributed by atoms with van der Waals surface area (Å²) in [5.74, 6) is 1.62. The van der Waals surface area contributed by atoms with Gasteiger partial charge in [-0.15, -0.1) is 0 Å². The van der Waals surface area contributed by atoms with Gasteiger partial charge in [0.2, 0.25) is 0 Å². The lowest BCUT2D eigenvalue weighted by molar-refractivity contribution is -0.692. The minimum atomic E-state index is -0.0648. The van der Waals surface area contributed by atoms with E-state index in [0.29, 0.717) is 29.6 Å². The Kier molecular flexibility index (Phi) is 6.83. The molecule has 0 unspecified atom stereocenters. The van der Waals surface area contributed by atoms with Gasteiger partial charge in [-0.3, -0.25) is 4.79 Å². The van der Waals surface area contributed by atoms with E-state index in [2.05, 4.69) is 36.6 Å². The largest absolute Gasteiger partial charge is 0.497 e. The summed E-state index contributed by atoms with van der Waals surface area (Å²) in [6.07, 6.45) is 0. The van der Waals surface area contributed by atoms with Crippen molar-refractivity contribution in [1.82, 2.24) is 0 Å². The Morgan fingerprint density at radius 3 is 2.40 bits per heavy atom. The topological polar surface area (TPSA) is 64.2 Å². The van der Waals surface area contributed by atoms with Gasteiger partial charge in [-0.25, -0.2) is 0 Å². The molecular formula is C20H27N2O3+. The number of rotatable bonds is 8. The van der Waals surface area contributed by atoms with Crippen LogP contribution >= 0.6 is 0 Å². The maximum Gasteiger partial charge on any atom is 0.279 e. The number of carbonyl (C=O) groups is 1. The molecule has 134 valence electrons. The van der Waals surface area contributed by atoms with Crippen molar-refractivity contribution in [3.05, 3.63) is 54.1 Å². The Labute approximate surface area is 149 Å². The smallest absolute Gasteiger partial charge is 0.279 e. The zero-order valence-electron chi connectivity index (χ0n) is 15.3. The molecule has 5 heteroatoms. The van der Waals surface area contributed by atoms with E-state index in [1.807, 2.05) is 18.2 Å². The molecule has 3 N–H and O–H groups in total. The van der Waals surface area contributed by atoms with Gasteiger partial charge in [-0.1, -0.05) is 44.2 Å². The number of nitrogens with one attached hydrogen (secondary N) is 1. The lowest BCUT2D eigenvalue weighted by atomic mass is 9.96. The SMILES string of the molecule is COc1ccc(NC(=O)C[NH2+][C@@H](c2ccccc2)C(C)C)c(OC)c1. The molecule has 0 fully saturated rings. The standard InChI is InChI=1S/C20H26N2O3/c1-14(2)20(15-8-6-5-7-9-15)21-13-19(23)22-17-11-10-16(24-3)12-18(17)25-4/h5-12,14,20-21H,13H2,1-4H3,(H,22,23)/p+1/t20-/m1/s1. The van der Waals surface area contributed by atoms with Crippen molar-refractivity contribution in [1.29, 1.82) is 0 Å². The van der Waals surface area contributed by atoms with Gasteiger partial charge in [-0.05, 0) is 12.1 Å². The lowest BCUT2D eigenvalue weighted by Gasteiger charge is -2.19. The van der Waals surface area contributed by atoms with Crippen molar-refractivity contribution >= 4 is 11.6 Å². The van der Waals surface area contributed by atoms with Gasteiger partial charge in [-0.2, -0.15) is 0 Å². The van der Waals surface area contributed by atoms with Crippen LogP contribution in [0.1, 0.15) is 25.5 Å². The van der Waals surface area contributed by atoms with Crippen LogP contribution in [0.15, 0.2) is 48.5 Å². The number of methoxy groups -OCH3 is 2. The van der Waals surface area contributed by atoms with Crippen LogP contribution in [0.4, 0.5) is 5.69 Å². The molecule has 2 aromatic rings. The van der Waals surface area contributed by atoms with E-state index in [0.717, 1.165) is 0 Å². The highest BCUT2D eigenvalue weighted by Crippen LogP contribution is 2.28. The number of carbonyl (C=O) groups excluding carboxylic acids is 1. The molecule has 0 saturated carbocycles. The molecule has 0 bridgehead atoms. The minimum absolute atomic E-state index is 0.0648. The number of hydrogen-bond acceptors (Lipinski definition) is 3. The summed E-state index contributed by atoms with van der Waals surface area (Å²) in [4.78, 5) is 12.4. The Morgan fingerprint density at radius 1 is 1.08 bits per heavy atom. The van der Waals surface area contributed by atoms with Crippen LogP contribution < -0.4 is 20.1 Å². The molecule has 0 aliphatic heterocycles. The molecule has 2 rings (SSSR count). The fourth-order valence-corrected chi connectivity index (χ4v) is 2.81. The number of nitrogens with two attached hydrogens (primary N) is 1. The van der Waals surface area contributed by atoms with Crippen LogP contribution in [0.2, 0.25) is 0 Å². The minimum Gasteiger partial charge on any atom is -0.497 e. The fraction of sp³-hybridized carbons (Fsp3) is 0.350. The number of anilines is 1. The van der Waals surface area contributed by atoms with Crippen molar-refractivity contribution in [3.63, 3.8) is 0 Å². The molecule has 0 heterocycles. The number of quaternary nitrogens is 1. The molecule has 0 aliphatic carbocycles. The van der Waals surface area contributed by atoms with Crippen molar-refractivity contribution in [3.8, 4) is 11.5 Å². The average molecular weight is 343 g/mol. The molecule has 0 aliphatic rings. The Morgan fingerprint density at radius 2 is 1.80 bits per heavy atom. The second kappa shape index (κ2) is 9.08. The first-order valence-electron chi connectivity index (χ1n) is 8.45. The zero-order valence-corrected chi connectivity index (χ0v) is 15.3. The van der Waals surface area contributed by atoms with Gasteiger partial charge in [0.05, 0.1) is 19.9 Å². The van der Waals surface area contributed by atoms with Gasteiger partial charge < -0.3 is 20.1 Å². The van der Waals surface area contributed by atoms with Crippen LogP contribution in [0, 0.1) is 5.92 Å². The van der Waals surface area contributed by atoms with E-state index in [9.17, 15) is 4.79 Å². The van der Waals surface area contributed by atoms with Crippen LogP contribution in [-0.2, 0) is 4.79 Å². The Bertz CT molecular complexity index is 687. The van der Waals surface area contributed by atoms with E-state index in [4.69, 9.17) is 9.47 Å². The molecule has 1 amide bonds. The Balaban J connectivity index is 2.00. The van der Waals surface area contributed by atoms with Crippen molar-refractivity contribution in [2.45, 2.75) is 19.9 Å².